The molecule has 1 unspecified atom stereocenters. The number of carbonyl (C=O) groups is 1. The summed E-state index contributed by atoms with van der Waals surface area (Å²) in [6.07, 6.45) is 7.63. The van der Waals surface area contributed by atoms with E-state index >= 15 is 0 Å². The van der Waals surface area contributed by atoms with Crippen LogP contribution in [0, 0.1) is 0 Å². The Hall–Kier alpha value is -3.23. The van der Waals surface area contributed by atoms with E-state index in [-0.39, 0.29) is 12.1 Å². The van der Waals surface area contributed by atoms with Crippen molar-refractivity contribution in [1.82, 2.24) is 30.0 Å². The van der Waals surface area contributed by atoms with Crippen LogP contribution in [0.2, 0.25) is 0 Å². The van der Waals surface area contributed by atoms with Crippen LogP contribution in [0.15, 0.2) is 41.2 Å². The quantitative estimate of drug-likeness (QED) is 0.747. The molecule has 1 N–H and O–H groups in total. The van der Waals surface area contributed by atoms with Crippen LogP contribution in [-0.2, 0) is 0 Å². The normalized spacial score (nSPS) is 19.6. The highest BCUT2D eigenvalue weighted by atomic mass is 16.5. The third-order valence-corrected chi connectivity index (χ3v) is 5.28. The van der Waals surface area contributed by atoms with Crippen molar-refractivity contribution >= 4 is 11.7 Å². The van der Waals surface area contributed by atoms with Gasteiger partial charge in [-0.2, -0.15) is 4.98 Å². The van der Waals surface area contributed by atoms with E-state index < -0.39 is 0 Å². The Bertz CT molecular complexity index is 964. The van der Waals surface area contributed by atoms with Gasteiger partial charge in [0.2, 0.25) is 0 Å². The van der Waals surface area contributed by atoms with Gasteiger partial charge >= 0.3 is 6.03 Å². The number of likely N-dealkylation sites (tertiary alicyclic amines) is 1. The van der Waals surface area contributed by atoms with Crippen molar-refractivity contribution in [3.63, 3.8) is 0 Å². The Kier molecular flexibility index (Phi) is 4.27. The lowest BCUT2D eigenvalue weighted by Crippen LogP contribution is -2.43. The summed E-state index contributed by atoms with van der Waals surface area (Å²) >= 11 is 0. The molecule has 9 nitrogen and oxygen atoms in total. The van der Waals surface area contributed by atoms with Gasteiger partial charge in [-0.3, -0.25) is 0 Å². The molecule has 0 bridgehead atoms. The Morgan fingerprint density at radius 1 is 1.21 bits per heavy atom. The van der Waals surface area contributed by atoms with E-state index in [1.807, 2.05) is 40.0 Å². The monoisotopic (exact) mass is 379 g/mol. The summed E-state index contributed by atoms with van der Waals surface area (Å²) in [7, 11) is 0. The molecule has 0 spiro atoms. The van der Waals surface area contributed by atoms with Gasteiger partial charge in [-0.25, -0.2) is 9.48 Å². The first kappa shape index (κ1) is 16.9. The minimum Gasteiger partial charge on any atom is -0.334 e. The molecule has 2 fully saturated rings. The molecule has 5 rings (SSSR count). The molecule has 3 aromatic rings. The average molecular weight is 379 g/mol. The lowest BCUT2D eigenvalue weighted by atomic mass is 10.1. The average Bonchev–Trinajstić information content (AvgIpc) is 3.22. The van der Waals surface area contributed by atoms with E-state index in [0.717, 1.165) is 37.1 Å². The first-order chi connectivity index (χ1) is 13.8. The number of anilines is 1. The molecule has 1 aliphatic carbocycles. The van der Waals surface area contributed by atoms with Crippen molar-refractivity contribution in [3.8, 4) is 11.5 Å². The highest BCUT2D eigenvalue weighted by Gasteiger charge is 2.30. The summed E-state index contributed by atoms with van der Waals surface area (Å²) in [6.45, 7) is 1.31. The van der Waals surface area contributed by atoms with Crippen molar-refractivity contribution in [2.24, 2.45) is 0 Å². The molecule has 1 aliphatic heterocycles. The third-order valence-electron chi connectivity index (χ3n) is 5.28. The standard InChI is InChI=1S/C19H21N7O2/c27-19(25-10-3-4-14(12-25)26-11-9-20-24-26)21-16-6-2-1-5-15(16)18-22-17(23-28-18)13-7-8-13/h1-2,5-6,9,11,13-14H,3-4,7-8,10,12H2,(H,21,27). The van der Waals surface area contributed by atoms with Crippen molar-refractivity contribution in [3.05, 3.63) is 42.5 Å². The molecule has 144 valence electrons. The minimum atomic E-state index is -0.140. The number of urea groups is 1. The van der Waals surface area contributed by atoms with Gasteiger partial charge in [0.15, 0.2) is 5.82 Å². The molecule has 1 atom stereocenters. The fraction of sp³-hybridized carbons (Fsp3) is 0.421. The van der Waals surface area contributed by atoms with Crippen molar-refractivity contribution in [1.29, 1.82) is 0 Å². The zero-order valence-corrected chi connectivity index (χ0v) is 15.4. The number of carbonyl (C=O) groups excluding carboxylic acids is 1. The number of nitrogens with one attached hydrogen (secondary N) is 1. The summed E-state index contributed by atoms with van der Waals surface area (Å²) < 4.78 is 7.27. The largest absolute Gasteiger partial charge is 0.334 e. The number of benzene rings is 1. The number of para-hydroxylation sites is 1. The fourth-order valence-corrected chi connectivity index (χ4v) is 3.59. The van der Waals surface area contributed by atoms with Crippen molar-refractivity contribution in [2.45, 2.75) is 37.6 Å². The maximum atomic E-state index is 12.9. The molecular weight excluding hydrogens is 358 g/mol. The zero-order chi connectivity index (χ0) is 18.9. The predicted octanol–water partition coefficient (Wildman–Crippen LogP) is 3.07. The van der Waals surface area contributed by atoms with E-state index in [9.17, 15) is 4.79 Å². The van der Waals surface area contributed by atoms with Gasteiger partial charge in [0, 0.05) is 25.2 Å². The first-order valence-electron chi connectivity index (χ1n) is 9.62. The van der Waals surface area contributed by atoms with Crippen molar-refractivity contribution < 1.29 is 9.32 Å². The van der Waals surface area contributed by atoms with Gasteiger partial charge in [-0.15, -0.1) is 5.10 Å². The molecule has 2 aliphatic rings. The smallest absolute Gasteiger partial charge is 0.321 e. The number of rotatable bonds is 4. The Balaban J connectivity index is 1.32. The van der Waals surface area contributed by atoms with Crippen LogP contribution in [0.3, 0.4) is 0 Å². The van der Waals surface area contributed by atoms with E-state index in [2.05, 4.69) is 25.8 Å². The predicted molar refractivity (Wildman–Crippen MR) is 101 cm³/mol. The maximum absolute atomic E-state index is 12.9. The number of amides is 2. The molecule has 1 saturated heterocycles. The molecule has 1 aromatic carbocycles. The number of aromatic nitrogens is 5. The molecule has 0 radical (unpaired) electrons. The van der Waals surface area contributed by atoms with Gasteiger partial charge in [-0.1, -0.05) is 22.5 Å². The summed E-state index contributed by atoms with van der Waals surface area (Å²) in [5, 5.41) is 15.0. The number of hydrogen-bond donors (Lipinski definition) is 1. The highest BCUT2D eigenvalue weighted by molar-refractivity contribution is 5.93. The van der Waals surface area contributed by atoms with Crippen LogP contribution in [0.4, 0.5) is 10.5 Å². The Labute approximate surface area is 161 Å². The summed E-state index contributed by atoms with van der Waals surface area (Å²) in [5.74, 6) is 1.61. The maximum Gasteiger partial charge on any atom is 0.321 e. The van der Waals surface area contributed by atoms with Crippen LogP contribution < -0.4 is 5.32 Å². The SMILES string of the molecule is O=C(Nc1ccccc1-c1nc(C2CC2)no1)N1CCCC(n2ccnn2)C1. The zero-order valence-electron chi connectivity index (χ0n) is 15.4. The molecule has 1 saturated carbocycles. The fourth-order valence-electron chi connectivity index (χ4n) is 3.59. The van der Waals surface area contributed by atoms with Crippen LogP contribution in [0.25, 0.3) is 11.5 Å². The molecule has 9 heteroatoms. The third kappa shape index (κ3) is 3.35. The molecule has 2 aromatic heterocycles. The van der Waals surface area contributed by atoms with Gasteiger partial charge < -0.3 is 14.7 Å². The molecular formula is C19H21N7O2. The second kappa shape index (κ2) is 7.06. The second-order valence-corrected chi connectivity index (χ2v) is 7.33. The van der Waals surface area contributed by atoms with Crippen molar-refractivity contribution in [2.75, 3.05) is 18.4 Å². The van der Waals surface area contributed by atoms with Crippen LogP contribution in [0.5, 0.6) is 0 Å². The summed E-state index contributed by atoms with van der Waals surface area (Å²) in [6, 6.07) is 7.52. The van der Waals surface area contributed by atoms with E-state index in [1.165, 1.54) is 0 Å². The molecule has 2 amide bonds. The summed E-state index contributed by atoms with van der Waals surface area (Å²) in [5.41, 5.74) is 1.40. The second-order valence-electron chi connectivity index (χ2n) is 7.33. The first-order valence-corrected chi connectivity index (χ1v) is 9.62. The Morgan fingerprint density at radius 3 is 2.93 bits per heavy atom. The van der Waals surface area contributed by atoms with Crippen LogP contribution in [-0.4, -0.2) is 49.2 Å². The number of nitrogens with zero attached hydrogens (tertiary/aromatic N) is 6. The van der Waals surface area contributed by atoms with Gasteiger partial charge in [0.25, 0.3) is 5.89 Å². The van der Waals surface area contributed by atoms with Crippen LogP contribution >= 0.6 is 0 Å². The number of hydrogen-bond acceptors (Lipinski definition) is 6. The van der Waals surface area contributed by atoms with Gasteiger partial charge in [0.1, 0.15) is 0 Å². The lowest BCUT2D eigenvalue weighted by Gasteiger charge is -2.32. The van der Waals surface area contributed by atoms with E-state index in [1.54, 1.807) is 6.20 Å². The lowest BCUT2D eigenvalue weighted by molar-refractivity contribution is 0.174. The van der Waals surface area contributed by atoms with E-state index in [0.29, 0.717) is 30.6 Å². The minimum absolute atomic E-state index is 0.140. The topological polar surface area (TPSA) is 102 Å². The van der Waals surface area contributed by atoms with E-state index in [4.69, 9.17) is 4.52 Å². The number of piperidine rings is 1. The Morgan fingerprint density at radius 2 is 2.11 bits per heavy atom. The highest BCUT2D eigenvalue weighted by Crippen LogP contribution is 2.39. The molecule has 28 heavy (non-hydrogen) atoms. The van der Waals surface area contributed by atoms with Crippen LogP contribution in [0.1, 0.15) is 43.5 Å². The van der Waals surface area contributed by atoms with Gasteiger partial charge in [-0.05, 0) is 37.8 Å². The summed E-state index contributed by atoms with van der Waals surface area (Å²) in [4.78, 5) is 19.2. The molecule has 3 heterocycles. The van der Waals surface area contributed by atoms with Gasteiger partial charge in [0.05, 0.1) is 23.5 Å².